The number of hydrogen-bond acceptors (Lipinski definition) is 5. The molecule has 0 aliphatic carbocycles. The molecule has 2 aromatic rings. The van der Waals surface area contributed by atoms with E-state index in [9.17, 15) is 9.59 Å². The first kappa shape index (κ1) is 15.5. The van der Waals surface area contributed by atoms with Crippen LogP contribution >= 0.6 is 23.1 Å². The molecule has 0 aliphatic rings. The number of nitrogens with zero attached hydrogens (tertiary/aromatic N) is 1. The molecule has 7 heteroatoms. The smallest absolute Gasteiger partial charge is 0.248 e. The summed E-state index contributed by atoms with van der Waals surface area (Å²) in [4.78, 5) is 27.4. The molecule has 1 unspecified atom stereocenters. The topological polar surface area (TPSA) is 85.1 Å². The highest BCUT2D eigenvalue weighted by molar-refractivity contribution is 8.02. The highest BCUT2D eigenvalue weighted by Gasteiger charge is 2.16. The number of rotatable bonds is 5. The summed E-state index contributed by atoms with van der Waals surface area (Å²) in [5, 5.41) is 4.50. The molecule has 0 fully saturated rings. The summed E-state index contributed by atoms with van der Waals surface area (Å²) in [5.41, 5.74) is 7.16. The molecule has 0 aliphatic heterocycles. The van der Waals surface area contributed by atoms with Crippen molar-refractivity contribution >= 4 is 40.6 Å². The van der Waals surface area contributed by atoms with Crippen LogP contribution in [0.25, 0.3) is 0 Å². The van der Waals surface area contributed by atoms with Gasteiger partial charge in [0.25, 0.3) is 0 Å². The van der Waals surface area contributed by atoms with Crippen molar-refractivity contribution in [2.75, 3.05) is 5.32 Å². The third-order valence-corrected chi connectivity index (χ3v) is 4.87. The normalized spacial score (nSPS) is 11.9. The van der Waals surface area contributed by atoms with Gasteiger partial charge in [0, 0.05) is 22.3 Å². The monoisotopic (exact) mass is 321 g/mol. The number of thioether (sulfide) groups is 1. The molecule has 110 valence electrons. The highest BCUT2D eigenvalue weighted by atomic mass is 32.2. The van der Waals surface area contributed by atoms with Gasteiger partial charge in [-0.05, 0) is 38.1 Å². The third-order valence-electron chi connectivity index (χ3n) is 2.68. The van der Waals surface area contributed by atoms with E-state index in [1.807, 2.05) is 19.2 Å². The van der Waals surface area contributed by atoms with Crippen molar-refractivity contribution in [2.24, 2.45) is 5.73 Å². The van der Waals surface area contributed by atoms with E-state index in [1.165, 1.54) is 23.1 Å². The van der Waals surface area contributed by atoms with Crippen LogP contribution in [0.15, 0.2) is 34.0 Å². The predicted molar refractivity (Wildman–Crippen MR) is 85.8 cm³/mol. The molecule has 0 bridgehead atoms. The Morgan fingerprint density at radius 3 is 2.52 bits per heavy atom. The van der Waals surface area contributed by atoms with Crippen LogP contribution < -0.4 is 11.1 Å². The van der Waals surface area contributed by atoms with Gasteiger partial charge in [0.05, 0.1) is 5.25 Å². The van der Waals surface area contributed by atoms with Crippen LogP contribution in [0.1, 0.15) is 23.0 Å². The number of nitrogens with two attached hydrogens (primary N) is 1. The van der Waals surface area contributed by atoms with E-state index in [4.69, 9.17) is 5.73 Å². The lowest BCUT2D eigenvalue weighted by Crippen LogP contribution is -2.22. The Morgan fingerprint density at radius 2 is 2.00 bits per heavy atom. The molecule has 1 heterocycles. The Labute approximate surface area is 131 Å². The number of amides is 2. The number of carbonyl (C=O) groups excluding carboxylic acids is 2. The van der Waals surface area contributed by atoms with E-state index < -0.39 is 5.91 Å². The van der Waals surface area contributed by atoms with Crippen LogP contribution in [0.3, 0.4) is 0 Å². The molecule has 0 saturated heterocycles. The average molecular weight is 321 g/mol. The maximum absolute atomic E-state index is 12.1. The van der Waals surface area contributed by atoms with E-state index in [0.29, 0.717) is 11.3 Å². The van der Waals surface area contributed by atoms with Crippen LogP contribution in [-0.2, 0) is 4.79 Å². The molecule has 0 radical (unpaired) electrons. The first-order chi connectivity index (χ1) is 9.95. The molecule has 3 N–H and O–H groups in total. The molecule has 21 heavy (non-hydrogen) atoms. The lowest BCUT2D eigenvalue weighted by atomic mass is 10.2. The number of aromatic nitrogens is 1. The van der Waals surface area contributed by atoms with Crippen LogP contribution in [0, 0.1) is 6.92 Å². The maximum atomic E-state index is 12.1. The van der Waals surface area contributed by atoms with Crippen LogP contribution in [0.2, 0.25) is 0 Å². The molecular weight excluding hydrogens is 306 g/mol. The Hall–Kier alpha value is -1.86. The van der Waals surface area contributed by atoms with E-state index >= 15 is 0 Å². The summed E-state index contributed by atoms with van der Waals surface area (Å²) < 4.78 is 0.874. The summed E-state index contributed by atoms with van der Waals surface area (Å²) in [7, 11) is 0. The largest absolute Gasteiger partial charge is 0.366 e. The van der Waals surface area contributed by atoms with Gasteiger partial charge in [0.1, 0.15) is 0 Å². The van der Waals surface area contributed by atoms with Crippen molar-refractivity contribution in [3.8, 4) is 0 Å². The maximum Gasteiger partial charge on any atom is 0.248 e. The predicted octanol–water partition coefficient (Wildman–Crippen LogP) is 2.67. The second-order valence-corrected chi connectivity index (χ2v) is 6.89. The van der Waals surface area contributed by atoms with Crippen LogP contribution in [0.4, 0.5) is 5.69 Å². The fourth-order valence-electron chi connectivity index (χ4n) is 1.55. The number of carbonyl (C=O) groups is 2. The second kappa shape index (κ2) is 6.73. The number of hydrogen-bond donors (Lipinski definition) is 2. The summed E-state index contributed by atoms with van der Waals surface area (Å²) >= 11 is 2.95. The molecule has 0 spiro atoms. The van der Waals surface area contributed by atoms with Gasteiger partial charge in [-0.25, -0.2) is 4.98 Å². The summed E-state index contributed by atoms with van der Waals surface area (Å²) in [6, 6.07) is 6.48. The van der Waals surface area contributed by atoms with Crippen molar-refractivity contribution < 1.29 is 9.59 Å². The molecular formula is C14H15N3O2S2. The number of primary amides is 1. The van der Waals surface area contributed by atoms with Crippen molar-refractivity contribution in [1.82, 2.24) is 4.98 Å². The minimum atomic E-state index is -0.490. The van der Waals surface area contributed by atoms with Crippen LogP contribution in [-0.4, -0.2) is 22.0 Å². The SMILES string of the molecule is Cc1csc(SC(C)C(=O)Nc2ccc(C(N)=O)cc2)n1. The van der Waals surface area contributed by atoms with Gasteiger partial charge >= 0.3 is 0 Å². The van der Waals surface area contributed by atoms with Crippen LogP contribution in [0.5, 0.6) is 0 Å². The van der Waals surface area contributed by atoms with Gasteiger partial charge in [0.2, 0.25) is 11.8 Å². The highest BCUT2D eigenvalue weighted by Crippen LogP contribution is 2.27. The molecule has 1 atom stereocenters. The van der Waals surface area contributed by atoms with Crippen molar-refractivity contribution in [3.05, 3.63) is 40.9 Å². The third kappa shape index (κ3) is 4.30. The van der Waals surface area contributed by atoms with Gasteiger partial charge < -0.3 is 11.1 Å². The Bertz CT molecular complexity index is 652. The minimum absolute atomic E-state index is 0.111. The van der Waals surface area contributed by atoms with Gasteiger partial charge in [0.15, 0.2) is 4.34 Å². The van der Waals surface area contributed by atoms with E-state index in [-0.39, 0.29) is 11.2 Å². The second-order valence-electron chi connectivity index (χ2n) is 4.45. The number of nitrogens with one attached hydrogen (secondary N) is 1. The zero-order chi connectivity index (χ0) is 15.4. The number of aryl methyl sites for hydroxylation is 1. The standard InChI is InChI=1S/C14H15N3O2S2/c1-8-7-20-14(16-8)21-9(2)13(19)17-11-5-3-10(4-6-11)12(15)18/h3-7,9H,1-2H3,(H2,15,18)(H,17,19). The average Bonchev–Trinajstić information content (AvgIpc) is 2.84. The number of benzene rings is 1. The van der Waals surface area contributed by atoms with Crippen molar-refractivity contribution in [1.29, 1.82) is 0 Å². The van der Waals surface area contributed by atoms with E-state index in [2.05, 4.69) is 10.3 Å². The lowest BCUT2D eigenvalue weighted by Gasteiger charge is -2.10. The number of thiazole rings is 1. The lowest BCUT2D eigenvalue weighted by molar-refractivity contribution is -0.115. The zero-order valence-electron chi connectivity index (χ0n) is 11.6. The van der Waals surface area contributed by atoms with Gasteiger partial charge in [-0.15, -0.1) is 11.3 Å². The van der Waals surface area contributed by atoms with Gasteiger partial charge in [-0.1, -0.05) is 11.8 Å². The molecule has 2 amide bonds. The molecule has 1 aromatic heterocycles. The molecule has 2 rings (SSSR count). The zero-order valence-corrected chi connectivity index (χ0v) is 13.3. The fourth-order valence-corrected chi connectivity index (χ4v) is 3.54. The molecule has 1 aromatic carbocycles. The molecule has 5 nitrogen and oxygen atoms in total. The fraction of sp³-hybridized carbons (Fsp3) is 0.214. The summed E-state index contributed by atoms with van der Waals surface area (Å²) in [5.74, 6) is -0.601. The quantitative estimate of drug-likeness (QED) is 0.829. The first-order valence-electron chi connectivity index (χ1n) is 6.25. The van der Waals surface area contributed by atoms with Gasteiger partial charge in [-0.3, -0.25) is 9.59 Å². The summed E-state index contributed by atoms with van der Waals surface area (Å²) in [6.07, 6.45) is 0. The summed E-state index contributed by atoms with van der Waals surface area (Å²) in [6.45, 7) is 3.75. The first-order valence-corrected chi connectivity index (χ1v) is 8.01. The Balaban J connectivity index is 1.95. The Kier molecular flexibility index (Phi) is 4.98. The van der Waals surface area contributed by atoms with E-state index in [1.54, 1.807) is 24.3 Å². The Morgan fingerprint density at radius 1 is 1.33 bits per heavy atom. The van der Waals surface area contributed by atoms with Crippen molar-refractivity contribution in [2.45, 2.75) is 23.4 Å². The number of anilines is 1. The minimum Gasteiger partial charge on any atom is -0.366 e. The van der Waals surface area contributed by atoms with Crippen molar-refractivity contribution in [3.63, 3.8) is 0 Å². The molecule has 0 saturated carbocycles. The van der Waals surface area contributed by atoms with Gasteiger partial charge in [-0.2, -0.15) is 0 Å². The van der Waals surface area contributed by atoms with E-state index in [0.717, 1.165) is 10.0 Å².